The van der Waals surface area contributed by atoms with Crippen molar-refractivity contribution in [2.45, 2.75) is 6.04 Å². The van der Waals surface area contributed by atoms with E-state index >= 15 is 0 Å². The smallest absolute Gasteiger partial charge is 0.0773 e. The van der Waals surface area contributed by atoms with E-state index < -0.39 is 0 Å². The highest BCUT2D eigenvalue weighted by atomic mass is 15.2. The lowest BCUT2D eigenvalue weighted by molar-refractivity contribution is 0.930. The Morgan fingerprint density at radius 2 is 1.04 bits per heavy atom. The minimum Gasteiger partial charge on any atom is -0.374 e. The Hall–Kier alpha value is -7.10. The largest absolute Gasteiger partial charge is 0.374 e. The fraction of sp³-hybridized carbons (Fsp3) is 0.0196. The summed E-state index contributed by atoms with van der Waals surface area (Å²) in [6, 6.07) is 72.9. The second kappa shape index (κ2) is 12.3. The van der Waals surface area contributed by atoms with Crippen molar-refractivity contribution in [2.75, 3.05) is 10.2 Å². The summed E-state index contributed by atoms with van der Waals surface area (Å²) in [5.74, 6) is 0. The van der Waals surface area contributed by atoms with Crippen LogP contribution in [0.4, 0.5) is 22.7 Å². The number of hydrogen-bond acceptors (Lipinski definition) is 2. The van der Waals surface area contributed by atoms with Gasteiger partial charge in [0.2, 0.25) is 0 Å². The maximum atomic E-state index is 3.87. The molecule has 3 nitrogen and oxygen atoms in total. The Kier molecular flexibility index (Phi) is 6.93. The Morgan fingerprint density at radius 3 is 1.89 bits per heavy atom. The van der Waals surface area contributed by atoms with Crippen molar-refractivity contribution < 1.29 is 0 Å². The van der Waals surface area contributed by atoms with Gasteiger partial charge in [-0.15, -0.1) is 0 Å². The number of aromatic nitrogens is 1. The van der Waals surface area contributed by atoms with E-state index in [-0.39, 0.29) is 6.04 Å². The zero-order chi connectivity index (χ0) is 35.6. The molecule has 0 bridgehead atoms. The quantitative estimate of drug-likeness (QED) is 0.198. The van der Waals surface area contributed by atoms with E-state index in [2.05, 4.69) is 215 Å². The van der Waals surface area contributed by atoms with Crippen molar-refractivity contribution in [3.8, 4) is 50.3 Å². The van der Waals surface area contributed by atoms with Crippen molar-refractivity contribution in [2.24, 2.45) is 0 Å². The van der Waals surface area contributed by atoms with Gasteiger partial charge in [-0.2, -0.15) is 0 Å². The molecule has 0 radical (unpaired) electrons. The predicted octanol–water partition coefficient (Wildman–Crippen LogP) is 13.6. The first-order chi connectivity index (χ1) is 26.8. The molecule has 0 spiro atoms. The molecule has 1 N–H and O–H groups in total. The molecule has 1 aromatic heterocycles. The summed E-state index contributed by atoms with van der Waals surface area (Å²) in [5, 5.41) is 5.11. The van der Waals surface area contributed by atoms with Crippen LogP contribution in [0, 0.1) is 0 Å². The first kappa shape index (κ1) is 30.5. The van der Waals surface area contributed by atoms with Gasteiger partial charge in [-0.3, -0.25) is 0 Å². The highest BCUT2D eigenvalue weighted by Crippen LogP contribution is 2.54. The van der Waals surface area contributed by atoms with Gasteiger partial charge < -0.3 is 14.8 Å². The standard InChI is InChI=1S/C51H35N3/c1-2-19-37(20-3-1)54-47-30-12-8-26-43(47)49-42-25-7-11-29-46(42)53(48-31-13-9-27-44(48)51(49)54)38-21-15-17-35(33-38)34-16-14-18-36(32-34)50-41-24-5-4-22-39(41)40-23-6-10-28-45(40)52-50/h1-33,50,52H. The van der Waals surface area contributed by atoms with E-state index in [1.165, 1.54) is 72.4 Å². The third-order valence-corrected chi connectivity index (χ3v) is 11.1. The highest BCUT2D eigenvalue weighted by Gasteiger charge is 2.31. The molecule has 2 aliphatic rings. The first-order valence-corrected chi connectivity index (χ1v) is 18.6. The van der Waals surface area contributed by atoms with Gasteiger partial charge in [-0.1, -0.05) is 146 Å². The summed E-state index contributed by atoms with van der Waals surface area (Å²) in [5.41, 5.74) is 19.3. The lowest BCUT2D eigenvalue weighted by Gasteiger charge is -2.30. The number of benzene rings is 8. The van der Waals surface area contributed by atoms with Gasteiger partial charge >= 0.3 is 0 Å². The summed E-state index contributed by atoms with van der Waals surface area (Å²) in [4.78, 5) is 2.46. The van der Waals surface area contributed by atoms with Crippen LogP contribution in [0.2, 0.25) is 0 Å². The van der Waals surface area contributed by atoms with Gasteiger partial charge in [0.25, 0.3) is 0 Å². The van der Waals surface area contributed by atoms with Crippen LogP contribution in [0.3, 0.4) is 0 Å². The minimum atomic E-state index is 0.0486. The topological polar surface area (TPSA) is 20.2 Å². The zero-order valence-electron chi connectivity index (χ0n) is 29.5. The van der Waals surface area contributed by atoms with Crippen LogP contribution in [0.15, 0.2) is 200 Å². The van der Waals surface area contributed by atoms with Gasteiger partial charge in [-0.25, -0.2) is 0 Å². The molecule has 54 heavy (non-hydrogen) atoms. The SMILES string of the molecule is c1ccc(-n2c3c(c4ccccc42)-c2ccccc2N(c2cccc(-c4cccc(C5Nc6ccccc6-c6ccccc65)c4)c2)c2ccccc2-3)cc1. The molecule has 0 saturated carbocycles. The summed E-state index contributed by atoms with van der Waals surface area (Å²) in [7, 11) is 0. The maximum Gasteiger partial charge on any atom is 0.0773 e. The van der Waals surface area contributed by atoms with Crippen LogP contribution in [-0.4, -0.2) is 4.57 Å². The van der Waals surface area contributed by atoms with Crippen LogP contribution in [0.25, 0.3) is 61.2 Å². The first-order valence-electron chi connectivity index (χ1n) is 18.6. The van der Waals surface area contributed by atoms with Gasteiger partial charge in [0, 0.05) is 44.7 Å². The Bertz CT molecular complexity index is 2880. The van der Waals surface area contributed by atoms with Gasteiger partial charge in [0.1, 0.15) is 0 Å². The van der Waals surface area contributed by atoms with Gasteiger partial charge in [0.05, 0.1) is 28.6 Å². The summed E-state index contributed by atoms with van der Waals surface area (Å²) >= 11 is 0. The summed E-state index contributed by atoms with van der Waals surface area (Å²) in [6.07, 6.45) is 0. The van der Waals surface area contributed by atoms with E-state index in [1.807, 2.05) is 0 Å². The molecule has 1 atom stereocenters. The van der Waals surface area contributed by atoms with E-state index in [4.69, 9.17) is 0 Å². The number of hydrogen-bond donors (Lipinski definition) is 1. The van der Waals surface area contributed by atoms with E-state index in [0.29, 0.717) is 0 Å². The lowest BCUT2D eigenvalue weighted by Crippen LogP contribution is -2.18. The number of anilines is 4. The maximum absolute atomic E-state index is 3.87. The highest BCUT2D eigenvalue weighted by molar-refractivity contribution is 6.13. The minimum absolute atomic E-state index is 0.0486. The van der Waals surface area contributed by atoms with Gasteiger partial charge in [-0.05, 0) is 82.4 Å². The summed E-state index contributed by atoms with van der Waals surface area (Å²) in [6.45, 7) is 0. The van der Waals surface area contributed by atoms with Crippen LogP contribution in [-0.2, 0) is 0 Å². The Morgan fingerprint density at radius 1 is 0.426 bits per heavy atom. The molecule has 0 saturated heterocycles. The fourth-order valence-electron chi connectivity index (χ4n) is 8.83. The molecule has 0 amide bonds. The van der Waals surface area contributed by atoms with E-state index in [1.54, 1.807) is 0 Å². The molecule has 11 rings (SSSR count). The normalized spacial score (nSPS) is 13.9. The van der Waals surface area contributed by atoms with Crippen molar-refractivity contribution in [3.05, 3.63) is 211 Å². The van der Waals surface area contributed by atoms with Crippen molar-refractivity contribution >= 4 is 33.7 Å². The van der Waals surface area contributed by atoms with Crippen molar-refractivity contribution in [3.63, 3.8) is 0 Å². The second-order valence-electron chi connectivity index (χ2n) is 14.2. The molecule has 0 fully saturated rings. The monoisotopic (exact) mass is 689 g/mol. The van der Waals surface area contributed by atoms with Crippen LogP contribution in [0.1, 0.15) is 17.2 Å². The van der Waals surface area contributed by atoms with Crippen molar-refractivity contribution in [1.29, 1.82) is 0 Å². The number of rotatable bonds is 4. The van der Waals surface area contributed by atoms with E-state index in [9.17, 15) is 0 Å². The third-order valence-electron chi connectivity index (χ3n) is 11.1. The van der Waals surface area contributed by atoms with Gasteiger partial charge in [0.15, 0.2) is 0 Å². The molecule has 8 aromatic carbocycles. The molecule has 1 unspecified atom stereocenters. The van der Waals surface area contributed by atoms with Crippen LogP contribution < -0.4 is 10.2 Å². The molecule has 9 aromatic rings. The number of nitrogens with zero attached hydrogens (tertiary/aromatic N) is 2. The molecular formula is C51H35N3. The average Bonchev–Trinajstić information content (AvgIpc) is 3.53. The number of para-hydroxylation sites is 5. The molecule has 0 aliphatic carbocycles. The molecule has 254 valence electrons. The molecule has 2 aliphatic heterocycles. The number of nitrogens with one attached hydrogen (secondary N) is 1. The third kappa shape index (κ3) is 4.69. The van der Waals surface area contributed by atoms with Crippen molar-refractivity contribution in [1.82, 2.24) is 4.57 Å². The Balaban J connectivity index is 1.08. The lowest BCUT2D eigenvalue weighted by atomic mass is 9.86. The fourth-order valence-corrected chi connectivity index (χ4v) is 8.83. The number of fused-ring (bicyclic) bond motifs is 10. The molecule has 3 heterocycles. The average molecular weight is 690 g/mol. The summed E-state index contributed by atoms with van der Waals surface area (Å²) < 4.78 is 2.45. The molecular weight excluding hydrogens is 655 g/mol. The Labute approximate surface area is 315 Å². The van der Waals surface area contributed by atoms with E-state index in [0.717, 1.165) is 22.7 Å². The molecule has 3 heteroatoms. The second-order valence-corrected chi connectivity index (χ2v) is 14.2. The van der Waals surface area contributed by atoms with Crippen LogP contribution >= 0.6 is 0 Å². The predicted molar refractivity (Wildman–Crippen MR) is 225 cm³/mol. The van der Waals surface area contributed by atoms with Crippen LogP contribution in [0.5, 0.6) is 0 Å². The zero-order valence-corrected chi connectivity index (χ0v) is 29.5.